The molecule has 0 unspecified atom stereocenters. The zero-order valence-electron chi connectivity index (χ0n) is 17.9. The van der Waals surface area contributed by atoms with Crippen LogP contribution in [0.4, 0.5) is 10.5 Å². The molecule has 1 aliphatic heterocycles. The van der Waals surface area contributed by atoms with Gasteiger partial charge < -0.3 is 15.4 Å². The Labute approximate surface area is 196 Å². The van der Waals surface area contributed by atoms with Crippen molar-refractivity contribution < 1.29 is 19.1 Å². The van der Waals surface area contributed by atoms with E-state index in [0.29, 0.717) is 44.7 Å². The van der Waals surface area contributed by atoms with Crippen LogP contribution in [0, 0.1) is 0 Å². The molecule has 0 aliphatic carbocycles. The summed E-state index contributed by atoms with van der Waals surface area (Å²) in [5.41, 5.74) is 2.46. The van der Waals surface area contributed by atoms with Gasteiger partial charge in [-0.2, -0.15) is 0 Å². The van der Waals surface area contributed by atoms with Crippen molar-refractivity contribution in [1.82, 2.24) is 10.2 Å². The number of allylic oxidation sites excluding steroid dienone is 1. The first-order valence-corrected chi connectivity index (χ1v) is 10.7. The van der Waals surface area contributed by atoms with Gasteiger partial charge in [-0.15, -0.1) is 0 Å². The van der Waals surface area contributed by atoms with Crippen molar-refractivity contribution in [3.05, 3.63) is 74.9 Å². The molecular weight excluding hydrogens is 453 g/mol. The molecule has 3 rings (SSSR count). The van der Waals surface area contributed by atoms with Crippen molar-refractivity contribution in [3.63, 3.8) is 0 Å². The van der Waals surface area contributed by atoms with Gasteiger partial charge in [0.15, 0.2) is 0 Å². The standard InChI is InChI=1S/C23H23Cl2N3O4/c1-4-9-28-13(2)19(22(30)32-3)20(27-23(28)31)14-5-7-18(8-6-14)26-21(29)15-10-16(24)12-17(25)11-15/h5-8,10-12,20H,4,9H2,1-3H3,(H,26,29)(H,27,31)/t20-/m1/s1. The number of ether oxygens (including phenoxy) is 1. The maximum Gasteiger partial charge on any atom is 0.337 e. The predicted molar refractivity (Wildman–Crippen MR) is 124 cm³/mol. The van der Waals surface area contributed by atoms with E-state index in [2.05, 4.69) is 10.6 Å². The molecule has 9 heteroatoms. The molecule has 168 valence electrons. The highest BCUT2D eigenvalue weighted by molar-refractivity contribution is 6.35. The fourth-order valence-electron chi connectivity index (χ4n) is 3.55. The largest absolute Gasteiger partial charge is 0.466 e. The second-order valence-electron chi connectivity index (χ2n) is 7.26. The molecule has 0 aromatic heterocycles. The molecule has 1 aliphatic rings. The van der Waals surface area contributed by atoms with E-state index in [0.717, 1.165) is 6.42 Å². The zero-order valence-corrected chi connectivity index (χ0v) is 19.4. The van der Waals surface area contributed by atoms with Gasteiger partial charge in [0.25, 0.3) is 5.91 Å². The zero-order chi connectivity index (χ0) is 23.4. The van der Waals surface area contributed by atoms with E-state index in [1.165, 1.54) is 24.1 Å². The number of esters is 1. The molecule has 2 aromatic rings. The summed E-state index contributed by atoms with van der Waals surface area (Å²) in [6.45, 7) is 4.18. The van der Waals surface area contributed by atoms with Gasteiger partial charge in [-0.05, 0) is 49.2 Å². The molecule has 2 N–H and O–H groups in total. The Bertz CT molecular complexity index is 1060. The molecule has 1 heterocycles. The first-order valence-electron chi connectivity index (χ1n) is 9.99. The Balaban J connectivity index is 1.86. The van der Waals surface area contributed by atoms with Crippen LogP contribution in [0.2, 0.25) is 10.0 Å². The number of benzene rings is 2. The van der Waals surface area contributed by atoms with Crippen LogP contribution in [0.3, 0.4) is 0 Å². The number of carbonyl (C=O) groups is 3. The minimum Gasteiger partial charge on any atom is -0.466 e. The average molecular weight is 476 g/mol. The second kappa shape index (κ2) is 10.1. The Morgan fingerprint density at radius 1 is 1.12 bits per heavy atom. The molecule has 0 bridgehead atoms. The molecule has 0 saturated heterocycles. The summed E-state index contributed by atoms with van der Waals surface area (Å²) >= 11 is 11.9. The van der Waals surface area contributed by atoms with Gasteiger partial charge in [-0.1, -0.05) is 42.3 Å². The van der Waals surface area contributed by atoms with Crippen LogP contribution in [0.5, 0.6) is 0 Å². The highest BCUT2D eigenvalue weighted by Crippen LogP contribution is 2.32. The van der Waals surface area contributed by atoms with E-state index in [9.17, 15) is 14.4 Å². The number of halogens is 2. The lowest BCUT2D eigenvalue weighted by Crippen LogP contribution is -2.48. The predicted octanol–water partition coefficient (Wildman–Crippen LogP) is 5.17. The molecular formula is C23H23Cl2N3O4. The summed E-state index contributed by atoms with van der Waals surface area (Å²) in [6.07, 6.45) is 0.746. The lowest BCUT2D eigenvalue weighted by Gasteiger charge is -2.35. The van der Waals surface area contributed by atoms with Gasteiger partial charge >= 0.3 is 12.0 Å². The van der Waals surface area contributed by atoms with Crippen molar-refractivity contribution >= 4 is 46.8 Å². The van der Waals surface area contributed by atoms with Crippen LogP contribution in [0.1, 0.15) is 42.2 Å². The van der Waals surface area contributed by atoms with E-state index in [1.54, 1.807) is 37.3 Å². The van der Waals surface area contributed by atoms with E-state index < -0.39 is 12.0 Å². The molecule has 7 nitrogen and oxygen atoms in total. The molecule has 2 aromatic carbocycles. The molecule has 0 radical (unpaired) electrons. The monoisotopic (exact) mass is 475 g/mol. The van der Waals surface area contributed by atoms with Crippen molar-refractivity contribution in [1.29, 1.82) is 0 Å². The number of rotatable bonds is 6. The van der Waals surface area contributed by atoms with Crippen molar-refractivity contribution in [3.8, 4) is 0 Å². The molecule has 32 heavy (non-hydrogen) atoms. The first-order chi connectivity index (χ1) is 15.2. The SMILES string of the molecule is CCCN1C(=O)N[C@H](c2ccc(NC(=O)c3cc(Cl)cc(Cl)c3)cc2)C(C(=O)OC)=C1C. The van der Waals surface area contributed by atoms with Crippen LogP contribution >= 0.6 is 23.2 Å². The smallest absolute Gasteiger partial charge is 0.337 e. The average Bonchev–Trinajstić information content (AvgIpc) is 2.75. The third-order valence-electron chi connectivity index (χ3n) is 5.08. The molecule has 0 spiro atoms. The summed E-state index contributed by atoms with van der Waals surface area (Å²) < 4.78 is 4.96. The summed E-state index contributed by atoms with van der Waals surface area (Å²) in [7, 11) is 1.31. The fourth-order valence-corrected chi connectivity index (χ4v) is 4.07. The van der Waals surface area contributed by atoms with Crippen LogP contribution in [0.25, 0.3) is 0 Å². The highest BCUT2D eigenvalue weighted by atomic mass is 35.5. The number of methoxy groups -OCH3 is 1. The number of carbonyl (C=O) groups excluding carboxylic acids is 3. The lowest BCUT2D eigenvalue weighted by molar-refractivity contribution is -0.136. The maximum absolute atomic E-state index is 12.6. The quantitative estimate of drug-likeness (QED) is 0.564. The van der Waals surface area contributed by atoms with Crippen LogP contribution in [-0.2, 0) is 9.53 Å². The third-order valence-corrected chi connectivity index (χ3v) is 5.51. The Hall–Kier alpha value is -3.03. The van der Waals surface area contributed by atoms with Crippen molar-refractivity contribution in [2.75, 3.05) is 19.0 Å². The minimum absolute atomic E-state index is 0.280. The van der Waals surface area contributed by atoms with E-state index >= 15 is 0 Å². The second-order valence-corrected chi connectivity index (χ2v) is 8.13. The molecule has 0 saturated carbocycles. The number of nitrogens with one attached hydrogen (secondary N) is 2. The number of urea groups is 1. The Kier molecular flexibility index (Phi) is 7.43. The first kappa shape index (κ1) is 23.6. The normalized spacial score (nSPS) is 16.0. The Morgan fingerprint density at radius 2 is 1.75 bits per heavy atom. The van der Waals surface area contributed by atoms with Gasteiger partial charge in [-0.25, -0.2) is 9.59 Å². The number of hydrogen-bond donors (Lipinski definition) is 2. The maximum atomic E-state index is 12.6. The van der Waals surface area contributed by atoms with Gasteiger partial charge in [0, 0.05) is 33.5 Å². The number of nitrogens with zero attached hydrogens (tertiary/aromatic N) is 1. The fraction of sp³-hybridized carbons (Fsp3) is 0.261. The van der Waals surface area contributed by atoms with Gasteiger partial charge in [0.1, 0.15) is 0 Å². The van der Waals surface area contributed by atoms with E-state index in [4.69, 9.17) is 27.9 Å². The third kappa shape index (κ3) is 5.06. The van der Waals surface area contributed by atoms with Gasteiger partial charge in [0.2, 0.25) is 0 Å². The molecule has 1 atom stereocenters. The van der Waals surface area contributed by atoms with E-state index in [-0.39, 0.29) is 11.9 Å². The minimum atomic E-state index is -0.667. The van der Waals surface area contributed by atoms with Crippen LogP contribution < -0.4 is 10.6 Å². The van der Waals surface area contributed by atoms with Crippen molar-refractivity contribution in [2.24, 2.45) is 0 Å². The summed E-state index contributed by atoms with van der Waals surface area (Å²) in [5.74, 6) is -0.877. The van der Waals surface area contributed by atoms with Crippen LogP contribution in [-0.4, -0.2) is 36.5 Å². The summed E-state index contributed by atoms with van der Waals surface area (Å²) in [4.78, 5) is 39.2. The highest BCUT2D eigenvalue weighted by Gasteiger charge is 2.35. The summed E-state index contributed by atoms with van der Waals surface area (Å²) in [6, 6.07) is 10.5. The number of hydrogen-bond acceptors (Lipinski definition) is 4. The topological polar surface area (TPSA) is 87.7 Å². The summed E-state index contributed by atoms with van der Waals surface area (Å²) in [5, 5.41) is 6.37. The molecule has 3 amide bonds. The number of amides is 3. The van der Waals surface area contributed by atoms with Crippen molar-refractivity contribution in [2.45, 2.75) is 26.3 Å². The van der Waals surface area contributed by atoms with Gasteiger partial charge in [-0.3, -0.25) is 9.69 Å². The van der Waals surface area contributed by atoms with E-state index in [1.807, 2.05) is 6.92 Å². The Morgan fingerprint density at radius 3 is 2.31 bits per heavy atom. The molecule has 0 fully saturated rings. The number of anilines is 1. The van der Waals surface area contributed by atoms with Gasteiger partial charge in [0.05, 0.1) is 18.7 Å². The van der Waals surface area contributed by atoms with Crippen LogP contribution in [0.15, 0.2) is 53.7 Å². The lowest BCUT2D eigenvalue weighted by atomic mass is 9.94.